The summed E-state index contributed by atoms with van der Waals surface area (Å²) in [6, 6.07) is 17.4. The normalized spacial score (nSPS) is 13.1. The topological polar surface area (TPSA) is 88.9 Å². The number of nitrogens with zero attached hydrogens (tertiary/aromatic N) is 3. The molecule has 0 atom stereocenters. The van der Waals surface area contributed by atoms with Crippen molar-refractivity contribution in [3.05, 3.63) is 71.5 Å². The molecule has 1 aromatic heterocycles. The van der Waals surface area contributed by atoms with Gasteiger partial charge >= 0.3 is 0 Å². The van der Waals surface area contributed by atoms with Crippen molar-refractivity contribution in [2.24, 2.45) is 0 Å². The third-order valence-electron chi connectivity index (χ3n) is 4.72. The van der Waals surface area contributed by atoms with E-state index in [0.29, 0.717) is 23.6 Å². The van der Waals surface area contributed by atoms with Crippen LogP contribution in [-0.4, -0.2) is 39.4 Å². The van der Waals surface area contributed by atoms with E-state index in [1.165, 1.54) is 0 Å². The maximum atomic E-state index is 12.7. The highest BCUT2D eigenvalue weighted by molar-refractivity contribution is 7.98. The van der Waals surface area contributed by atoms with Crippen LogP contribution in [0.5, 0.6) is 0 Å². The minimum absolute atomic E-state index is 0.119. The van der Waals surface area contributed by atoms with Gasteiger partial charge in [-0.3, -0.25) is 9.59 Å². The summed E-state index contributed by atoms with van der Waals surface area (Å²) in [6.07, 6.45) is 2.02. The van der Waals surface area contributed by atoms with Crippen molar-refractivity contribution in [2.45, 2.75) is 36.5 Å². The molecule has 2 N–H and O–H groups in total. The van der Waals surface area contributed by atoms with Crippen LogP contribution in [0.15, 0.2) is 59.5 Å². The third-order valence-corrected chi connectivity index (χ3v) is 5.74. The number of rotatable bonds is 8. The zero-order valence-electron chi connectivity index (χ0n) is 16.7. The molecule has 154 valence electrons. The van der Waals surface area contributed by atoms with Gasteiger partial charge in [0, 0.05) is 28.8 Å². The Hall–Kier alpha value is -3.13. The Morgan fingerprint density at radius 1 is 1.07 bits per heavy atom. The van der Waals surface area contributed by atoms with Crippen molar-refractivity contribution in [1.82, 2.24) is 25.6 Å². The molecule has 1 saturated carbocycles. The molecule has 0 aliphatic heterocycles. The number of carbonyl (C=O) groups is 2. The van der Waals surface area contributed by atoms with Gasteiger partial charge < -0.3 is 10.6 Å². The number of benzene rings is 2. The number of amides is 2. The summed E-state index contributed by atoms with van der Waals surface area (Å²) in [5, 5.41) is 14.2. The largest absolute Gasteiger partial charge is 0.352 e. The van der Waals surface area contributed by atoms with Gasteiger partial charge in [-0.05, 0) is 56.2 Å². The lowest BCUT2D eigenvalue weighted by molar-refractivity contribution is 0.0940. The Bertz CT molecular complexity index is 1030. The summed E-state index contributed by atoms with van der Waals surface area (Å²) in [5.41, 5.74) is 2.41. The van der Waals surface area contributed by atoms with E-state index in [1.54, 1.807) is 28.6 Å². The molecule has 0 bridgehead atoms. The first kappa shape index (κ1) is 20.2. The quantitative estimate of drug-likeness (QED) is 0.545. The molecule has 0 radical (unpaired) electrons. The van der Waals surface area contributed by atoms with Crippen molar-refractivity contribution in [3.63, 3.8) is 0 Å². The van der Waals surface area contributed by atoms with Crippen LogP contribution in [0.2, 0.25) is 0 Å². The van der Waals surface area contributed by atoms with E-state index in [4.69, 9.17) is 0 Å². The highest BCUT2D eigenvalue weighted by Gasteiger charge is 2.28. The second-order valence-corrected chi connectivity index (χ2v) is 8.10. The van der Waals surface area contributed by atoms with E-state index in [1.807, 2.05) is 49.4 Å². The molecule has 7 nitrogen and oxygen atoms in total. The summed E-state index contributed by atoms with van der Waals surface area (Å²) in [4.78, 5) is 25.8. The van der Waals surface area contributed by atoms with Crippen LogP contribution in [0, 0.1) is 0 Å². The molecule has 1 fully saturated rings. The van der Waals surface area contributed by atoms with E-state index >= 15 is 0 Å². The van der Waals surface area contributed by atoms with Crippen LogP contribution in [0.3, 0.4) is 0 Å². The number of carbonyl (C=O) groups excluding carboxylic acids is 2. The summed E-state index contributed by atoms with van der Waals surface area (Å²) >= 11 is 1.62. The maximum Gasteiger partial charge on any atom is 0.274 e. The fraction of sp³-hybridized carbons (Fsp3) is 0.273. The van der Waals surface area contributed by atoms with Gasteiger partial charge in [0.2, 0.25) is 0 Å². The molecule has 30 heavy (non-hydrogen) atoms. The maximum absolute atomic E-state index is 12.7. The lowest BCUT2D eigenvalue weighted by atomic mass is 10.2. The van der Waals surface area contributed by atoms with Crippen molar-refractivity contribution in [3.8, 4) is 5.69 Å². The average Bonchev–Trinajstić information content (AvgIpc) is 3.48. The van der Waals surface area contributed by atoms with Gasteiger partial charge in [-0.2, -0.15) is 0 Å². The van der Waals surface area contributed by atoms with Gasteiger partial charge in [-0.15, -0.1) is 16.9 Å². The molecule has 0 saturated heterocycles. The molecular formula is C22H23N5O2S. The Morgan fingerprint density at radius 3 is 2.47 bits per heavy atom. The fourth-order valence-electron chi connectivity index (χ4n) is 2.98. The van der Waals surface area contributed by atoms with Crippen LogP contribution >= 0.6 is 11.8 Å². The van der Waals surface area contributed by atoms with Gasteiger partial charge in [-0.1, -0.05) is 23.4 Å². The molecule has 0 unspecified atom stereocenters. The highest BCUT2D eigenvalue weighted by atomic mass is 32.2. The Balaban J connectivity index is 1.61. The molecule has 3 aromatic rings. The van der Waals surface area contributed by atoms with E-state index in [0.717, 1.165) is 29.1 Å². The molecule has 2 amide bonds. The van der Waals surface area contributed by atoms with Crippen LogP contribution in [0.4, 0.5) is 0 Å². The Labute approximate surface area is 179 Å². The van der Waals surface area contributed by atoms with Gasteiger partial charge in [0.1, 0.15) is 0 Å². The van der Waals surface area contributed by atoms with E-state index in [9.17, 15) is 9.59 Å². The second kappa shape index (κ2) is 9.13. The van der Waals surface area contributed by atoms with Crippen molar-refractivity contribution in [2.75, 3.05) is 6.54 Å². The van der Waals surface area contributed by atoms with Gasteiger partial charge in [-0.25, -0.2) is 4.68 Å². The SMILES string of the molecule is CCNC(=O)c1ccc(-n2nnc(C(=O)NC3CC3)c2CSc2ccccc2)cc1. The number of thioether (sulfide) groups is 1. The van der Waals surface area contributed by atoms with Gasteiger partial charge in [0.05, 0.1) is 11.4 Å². The molecular weight excluding hydrogens is 398 g/mol. The Morgan fingerprint density at radius 2 is 1.80 bits per heavy atom. The number of hydrogen-bond donors (Lipinski definition) is 2. The molecule has 4 rings (SSSR count). The van der Waals surface area contributed by atoms with Gasteiger partial charge in [0.25, 0.3) is 11.8 Å². The first-order valence-corrected chi connectivity index (χ1v) is 11.0. The first-order chi connectivity index (χ1) is 14.7. The second-order valence-electron chi connectivity index (χ2n) is 7.05. The minimum Gasteiger partial charge on any atom is -0.352 e. The summed E-state index contributed by atoms with van der Waals surface area (Å²) in [5.74, 6) is 0.237. The van der Waals surface area contributed by atoms with E-state index in [2.05, 4.69) is 20.9 Å². The molecule has 1 aliphatic carbocycles. The summed E-state index contributed by atoms with van der Waals surface area (Å²) < 4.78 is 1.68. The van der Waals surface area contributed by atoms with Crippen molar-refractivity contribution >= 4 is 23.6 Å². The van der Waals surface area contributed by atoms with Crippen LogP contribution in [0.1, 0.15) is 46.3 Å². The monoisotopic (exact) mass is 421 g/mol. The zero-order chi connectivity index (χ0) is 20.9. The summed E-state index contributed by atoms with van der Waals surface area (Å²) in [7, 11) is 0. The first-order valence-electron chi connectivity index (χ1n) is 9.97. The fourth-order valence-corrected chi connectivity index (χ4v) is 3.89. The lowest BCUT2D eigenvalue weighted by Gasteiger charge is -2.09. The van der Waals surface area contributed by atoms with Crippen LogP contribution < -0.4 is 10.6 Å². The van der Waals surface area contributed by atoms with Crippen molar-refractivity contribution in [1.29, 1.82) is 0 Å². The number of aromatic nitrogens is 3. The predicted molar refractivity (Wildman–Crippen MR) is 116 cm³/mol. The molecule has 1 aliphatic rings. The lowest BCUT2D eigenvalue weighted by Crippen LogP contribution is -2.26. The average molecular weight is 422 g/mol. The number of hydrogen-bond acceptors (Lipinski definition) is 5. The highest BCUT2D eigenvalue weighted by Crippen LogP contribution is 2.26. The molecule has 0 spiro atoms. The third kappa shape index (κ3) is 4.71. The van der Waals surface area contributed by atoms with Crippen LogP contribution in [-0.2, 0) is 5.75 Å². The van der Waals surface area contributed by atoms with E-state index in [-0.39, 0.29) is 17.9 Å². The molecule has 2 aromatic carbocycles. The van der Waals surface area contributed by atoms with Gasteiger partial charge in [0.15, 0.2) is 5.69 Å². The van der Waals surface area contributed by atoms with E-state index < -0.39 is 0 Å². The predicted octanol–water partition coefficient (Wildman–Crippen LogP) is 3.20. The standard InChI is InChI=1S/C22H23N5O2S/c1-2-23-21(28)15-8-12-17(13-9-15)27-19(14-30-18-6-4-3-5-7-18)20(25-26-27)22(29)24-16-10-11-16/h3-9,12-13,16H,2,10-11,14H2,1H3,(H,23,28)(H,24,29). The Kier molecular flexibility index (Phi) is 6.13. The number of nitrogens with one attached hydrogen (secondary N) is 2. The summed E-state index contributed by atoms with van der Waals surface area (Å²) in [6.45, 7) is 2.45. The minimum atomic E-state index is -0.189. The molecule has 1 heterocycles. The zero-order valence-corrected chi connectivity index (χ0v) is 17.5. The molecule has 8 heteroatoms. The van der Waals surface area contributed by atoms with Crippen molar-refractivity contribution < 1.29 is 9.59 Å². The smallest absolute Gasteiger partial charge is 0.274 e. The van der Waals surface area contributed by atoms with Crippen LogP contribution in [0.25, 0.3) is 5.69 Å².